The van der Waals surface area contributed by atoms with Gasteiger partial charge in [-0.3, -0.25) is 0 Å². The number of hydrogen-bond donors (Lipinski definition) is 2. The van der Waals surface area contributed by atoms with Crippen LogP contribution in [0.2, 0.25) is 0 Å². The number of rotatable bonds is 3. The van der Waals surface area contributed by atoms with E-state index in [-0.39, 0.29) is 5.56 Å². The van der Waals surface area contributed by atoms with E-state index in [0.717, 1.165) is 20.2 Å². The van der Waals surface area contributed by atoms with Crippen LogP contribution in [0.3, 0.4) is 0 Å². The first-order valence-electron chi connectivity index (χ1n) is 5.54. The first kappa shape index (κ1) is 14.1. The van der Waals surface area contributed by atoms with Crippen LogP contribution in [0.15, 0.2) is 45.3 Å². The van der Waals surface area contributed by atoms with Gasteiger partial charge in [0, 0.05) is 8.95 Å². The summed E-state index contributed by atoms with van der Waals surface area (Å²) >= 11 is 6.89. The van der Waals surface area contributed by atoms with Crippen molar-refractivity contribution in [3.8, 4) is 0 Å². The molecule has 2 N–H and O–H groups in total. The van der Waals surface area contributed by atoms with Crippen molar-refractivity contribution in [3.63, 3.8) is 0 Å². The Morgan fingerprint density at radius 1 is 1.16 bits per heavy atom. The van der Waals surface area contributed by atoms with Gasteiger partial charge in [-0.05, 0) is 68.6 Å². The molecule has 0 aliphatic rings. The Morgan fingerprint density at radius 3 is 2.37 bits per heavy atom. The standard InChI is InChI=1S/C14H11Br2NO2/c1-8-5-6-9(14(18)19)12(7-8)17-13-10(15)3-2-4-11(13)16/h2-7,17H,1H3,(H,18,19). The highest BCUT2D eigenvalue weighted by Gasteiger charge is 2.12. The van der Waals surface area contributed by atoms with Crippen molar-refractivity contribution in [1.82, 2.24) is 0 Å². The Balaban J connectivity index is 2.49. The van der Waals surface area contributed by atoms with Crippen LogP contribution in [-0.2, 0) is 0 Å². The van der Waals surface area contributed by atoms with Gasteiger partial charge in [-0.1, -0.05) is 12.1 Å². The fourth-order valence-electron chi connectivity index (χ4n) is 1.70. The molecule has 0 amide bonds. The molecular formula is C14H11Br2NO2. The van der Waals surface area contributed by atoms with Gasteiger partial charge < -0.3 is 10.4 Å². The van der Waals surface area contributed by atoms with Gasteiger partial charge in [0.2, 0.25) is 0 Å². The Hall–Kier alpha value is -1.33. The van der Waals surface area contributed by atoms with Crippen LogP contribution in [0.25, 0.3) is 0 Å². The van der Waals surface area contributed by atoms with Gasteiger partial charge in [0.25, 0.3) is 0 Å². The molecule has 0 aromatic heterocycles. The lowest BCUT2D eigenvalue weighted by atomic mass is 10.1. The number of anilines is 2. The molecule has 0 aliphatic carbocycles. The molecule has 0 unspecified atom stereocenters. The lowest BCUT2D eigenvalue weighted by molar-refractivity contribution is 0.0698. The van der Waals surface area contributed by atoms with E-state index in [4.69, 9.17) is 0 Å². The van der Waals surface area contributed by atoms with E-state index in [0.29, 0.717) is 5.69 Å². The average Bonchev–Trinajstić information content (AvgIpc) is 2.33. The van der Waals surface area contributed by atoms with Crippen molar-refractivity contribution in [2.75, 3.05) is 5.32 Å². The number of aromatic carboxylic acids is 1. The SMILES string of the molecule is Cc1ccc(C(=O)O)c(Nc2c(Br)cccc2Br)c1. The molecule has 0 radical (unpaired) electrons. The third-order valence-corrected chi connectivity index (χ3v) is 3.95. The smallest absolute Gasteiger partial charge is 0.337 e. The summed E-state index contributed by atoms with van der Waals surface area (Å²) in [6.07, 6.45) is 0. The minimum Gasteiger partial charge on any atom is -0.478 e. The maximum atomic E-state index is 11.2. The number of halogens is 2. The average molecular weight is 385 g/mol. The molecule has 0 fully saturated rings. The van der Waals surface area contributed by atoms with Gasteiger partial charge in [-0.2, -0.15) is 0 Å². The van der Waals surface area contributed by atoms with Crippen molar-refractivity contribution in [1.29, 1.82) is 0 Å². The third-order valence-electron chi connectivity index (χ3n) is 2.63. The van der Waals surface area contributed by atoms with Gasteiger partial charge in [0.05, 0.1) is 16.9 Å². The summed E-state index contributed by atoms with van der Waals surface area (Å²) in [4.78, 5) is 11.2. The zero-order valence-corrected chi connectivity index (χ0v) is 13.2. The van der Waals surface area contributed by atoms with Crippen molar-refractivity contribution in [3.05, 3.63) is 56.5 Å². The molecule has 2 rings (SSSR count). The van der Waals surface area contributed by atoms with Gasteiger partial charge in [-0.25, -0.2) is 4.79 Å². The van der Waals surface area contributed by atoms with E-state index >= 15 is 0 Å². The second kappa shape index (κ2) is 5.75. The van der Waals surface area contributed by atoms with Crippen molar-refractivity contribution in [2.45, 2.75) is 6.92 Å². The van der Waals surface area contributed by atoms with Gasteiger partial charge in [0.15, 0.2) is 0 Å². The highest BCUT2D eigenvalue weighted by Crippen LogP contribution is 2.34. The number of benzene rings is 2. The number of carboxylic acids is 1. The summed E-state index contributed by atoms with van der Waals surface area (Å²) in [5.41, 5.74) is 2.61. The van der Waals surface area contributed by atoms with E-state index in [9.17, 15) is 9.90 Å². The molecule has 3 nitrogen and oxygen atoms in total. The molecule has 0 aliphatic heterocycles. The van der Waals surface area contributed by atoms with Crippen LogP contribution < -0.4 is 5.32 Å². The normalized spacial score (nSPS) is 10.3. The van der Waals surface area contributed by atoms with Crippen LogP contribution in [0.1, 0.15) is 15.9 Å². The minimum absolute atomic E-state index is 0.244. The minimum atomic E-state index is -0.953. The maximum absolute atomic E-state index is 11.2. The molecule has 2 aromatic rings. The zero-order valence-electron chi connectivity index (χ0n) is 10.1. The van der Waals surface area contributed by atoms with Crippen LogP contribution in [0, 0.1) is 6.92 Å². The Labute approximate surface area is 127 Å². The summed E-state index contributed by atoms with van der Waals surface area (Å²) in [5.74, 6) is -0.953. The highest BCUT2D eigenvalue weighted by molar-refractivity contribution is 9.11. The van der Waals surface area contributed by atoms with Crippen LogP contribution >= 0.6 is 31.9 Å². The lowest BCUT2D eigenvalue weighted by Crippen LogP contribution is -2.03. The fourth-order valence-corrected chi connectivity index (χ4v) is 2.90. The monoisotopic (exact) mass is 383 g/mol. The van der Waals surface area contributed by atoms with Gasteiger partial charge in [0.1, 0.15) is 0 Å². The van der Waals surface area contributed by atoms with E-state index < -0.39 is 5.97 Å². The number of para-hydroxylation sites is 1. The zero-order chi connectivity index (χ0) is 14.0. The lowest BCUT2D eigenvalue weighted by Gasteiger charge is -2.13. The second-order valence-electron chi connectivity index (χ2n) is 4.08. The molecular weight excluding hydrogens is 374 g/mol. The predicted molar refractivity (Wildman–Crippen MR) is 83.3 cm³/mol. The highest BCUT2D eigenvalue weighted by atomic mass is 79.9. The van der Waals surface area contributed by atoms with E-state index in [1.54, 1.807) is 12.1 Å². The van der Waals surface area contributed by atoms with Crippen LogP contribution in [0.4, 0.5) is 11.4 Å². The summed E-state index contributed by atoms with van der Waals surface area (Å²) < 4.78 is 1.72. The van der Waals surface area contributed by atoms with Crippen molar-refractivity contribution < 1.29 is 9.90 Å². The summed E-state index contributed by atoms with van der Waals surface area (Å²) in [7, 11) is 0. The molecule has 0 saturated carbocycles. The molecule has 0 spiro atoms. The van der Waals surface area contributed by atoms with E-state index in [1.165, 1.54) is 0 Å². The van der Waals surface area contributed by atoms with E-state index in [1.807, 2.05) is 31.2 Å². The molecule has 0 heterocycles. The molecule has 19 heavy (non-hydrogen) atoms. The van der Waals surface area contributed by atoms with Crippen LogP contribution in [-0.4, -0.2) is 11.1 Å². The second-order valence-corrected chi connectivity index (χ2v) is 5.78. The van der Waals surface area contributed by atoms with Crippen molar-refractivity contribution in [2.24, 2.45) is 0 Å². The van der Waals surface area contributed by atoms with Gasteiger partial charge in [-0.15, -0.1) is 0 Å². The summed E-state index contributed by atoms with van der Waals surface area (Å²) in [5, 5.41) is 12.4. The van der Waals surface area contributed by atoms with Crippen molar-refractivity contribution >= 4 is 49.2 Å². The predicted octanol–water partition coefficient (Wildman–Crippen LogP) is 4.96. The first-order valence-corrected chi connectivity index (χ1v) is 7.12. The largest absolute Gasteiger partial charge is 0.478 e. The van der Waals surface area contributed by atoms with E-state index in [2.05, 4.69) is 37.2 Å². The number of hydrogen-bond acceptors (Lipinski definition) is 2. The van der Waals surface area contributed by atoms with Crippen LogP contribution in [0.5, 0.6) is 0 Å². The molecule has 5 heteroatoms. The Morgan fingerprint density at radius 2 is 1.79 bits per heavy atom. The quantitative estimate of drug-likeness (QED) is 0.785. The molecule has 2 aromatic carbocycles. The summed E-state index contributed by atoms with van der Waals surface area (Å²) in [6, 6.07) is 10.9. The number of carbonyl (C=O) groups is 1. The number of nitrogens with one attached hydrogen (secondary N) is 1. The molecule has 0 atom stereocenters. The first-order chi connectivity index (χ1) is 8.99. The fraction of sp³-hybridized carbons (Fsp3) is 0.0714. The Kier molecular flexibility index (Phi) is 4.27. The molecule has 0 bridgehead atoms. The Bertz CT molecular complexity index is 621. The molecule has 0 saturated heterocycles. The summed E-state index contributed by atoms with van der Waals surface area (Å²) in [6.45, 7) is 1.92. The third kappa shape index (κ3) is 3.16. The molecule has 98 valence electrons. The van der Waals surface area contributed by atoms with Gasteiger partial charge >= 0.3 is 5.97 Å². The topological polar surface area (TPSA) is 49.3 Å². The number of aryl methyl sites for hydroxylation is 1. The number of carboxylic acid groups (broad SMARTS) is 1. The maximum Gasteiger partial charge on any atom is 0.337 e.